The van der Waals surface area contributed by atoms with E-state index in [0.29, 0.717) is 0 Å². The maximum Gasteiger partial charge on any atom is 0.0882 e. The zero-order valence-electron chi connectivity index (χ0n) is 9.29. The third-order valence-electron chi connectivity index (χ3n) is 2.57. The molecule has 78 valence electrons. The Labute approximate surface area is 90.5 Å². The Kier molecular flexibility index (Phi) is 4.02. The van der Waals surface area contributed by atoms with E-state index >= 15 is 0 Å². The van der Waals surface area contributed by atoms with Gasteiger partial charge in [0.1, 0.15) is 0 Å². The van der Waals surface area contributed by atoms with Crippen LogP contribution in [0.15, 0.2) is 12.1 Å². The first-order chi connectivity index (χ1) is 6.56. The summed E-state index contributed by atoms with van der Waals surface area (Å²) in [4.78, 5) is 0. The molecule has 0 aromatic heterocycles. The number of rotatable bonds is 3. The van der Waals surface area contributed by atoms with Crippen LogP contribution in [0.4, 0.5) is 0 Å². The van der Waals surface area contributed by atoms with Crippen LogP contribution in [0.25, 0.3) is 0 Å². The molecule has 0 heterocycles. The molecule has 0 amide bonds. The van der Waals surface area contributed by atoms with Crippen molar-refractivity contribution in [1.82, 2.24) is 0 Å². The van der Waals surface area contributed by atoms with Crippen LogP contribution < -0.4 is 0 Å². The van der Waals surface area contributed by atoms with E-state index in [1.54, 1.807) is 11.8 Å². The van der Waals surface area contributed by atoms with Gasteiger partial charge >= 0.3 is 0 Å². The van der Waals surface area contributed by atoms with Gasteiger partial charge in [-0.3, -0.25) is 0 Å². The van der Waals surface area contributed by atoms with Gasteiger partial charge < -0.3 is 5.11 Å². The van der Waals surface area contributed by atoms with Gasteiger partial charge in [0.15, 0.2) is 0 Å². The van der Waals surface area contributed by atoms with Crippen molar-refractivity contribution in [2.75, 3.05) is 12.0 Å². The first kappa shape index (κ1) is 11.6. The predicted octanol–water partition coefficient (Wildman–Crippen LogP) is 3.01. The summed E-state index contributed by atoms with van der Waals surface area (Å²) in [5.74, 6) is 0.767. The van der Waals surface area contributed by atoms with Gasteiger partial charge in [-0.1, -0.05) is 12.1 Å². The van der Waals surface area contributed by atoms with E-state index < -0.39 is 0 Å². The highest BCUT2D eigenvalue weighted by molar-refractivity contribution is 7.98. The molecule has 0 aliphatic rings. The second kappa shape index (κ2) is 4.85. The summed E-state index contributed by atoms with van der Waals surface area (Å²) in [5, 5.41) is 9.90. The van der Waals surface area contributed by atoms with Crippen molar-refractivity contribution in [2.45, 2.75) is 26.9 Å². The predicted molar refractivity (Wildman–Crippen MR) is 64.0 cm³/mol. The Hall–Kier alpha value is -0.470. The third-order valence-corrected chi connectivity index (χ3v) is 3.21. The molecular weight excluding hydrogens is 192 g/mol. The first-order valence-electron chi connectivity index (χ1n) is 4.81. The minimum atomic E-state index is -0.329. The van der Waals surface area contributed by atoms with E-state index in [1.165, 1.54) is 16.7 Å². The molecule has 0 saturated heterocycles. The standard InChI is InChI=1S/C12H18OS/c1-8-5-10(3)11(6-9(8)2)12(13)7-14-4/h5-6,12-13H,7H2,1-4H3. The fraction of sp³-hybridized carbons (Fsp3) is 0.500. The van der Waals surface area contributed by atoms with Crippen LogP contribution in [0.1, 0.15) is 28.4 Å². The average molecular weight is 210 g/mol. The van der Waals surface area contributed by atoms with E-state index in [2.05, 4.69) is 32.9 Å². The molecule has 1 aromatic carbocycles. The minimum absolute atomic E-state index is 0.329. The molecule has 0 fully saturated rings. The molecule has 0 spiro atoms. The maximum atomic E-state index is 9.90. The van der Waals surface area contributed by atoms with E-state index in [0.717, 1.165) is 11.3 Å². The van der Waals surface area contributed by atoms with Crippen LogP contribution in [-0.2, 0) is 0 Å². The molecule has 1 N–H and O–H groups in total. The Morgan fingerprint density at radius 3 is 2.29 bits per heavy atom. The van der Waals surface area contributed by atoms with Gasteiger partial charge in [-0.2, -0.15) is 11.8 Å². The van der Waals surface area contributed by atoms with Crippen molar-refractivity contribution >= 4 is 11.8 Å². The Morgan fingerprint density at radius 2 is 1.71 bits per heavy atom. The zero-order chi connectivity index (χ0) is 10.7. The molecule has 1 unspecified atom stereocenters. The topological polar surface area (TPSA) is 20.2 Å². The third kappa shape index (κ3) is 2.52. The second-order valence-corrected chi connectivity index (χ2v) is 4.67. The lowest BCUT2D eigenvalue weighted by molar-refractivity contribution is 0.203. The monoisotopic (exact) mass is 210 g/mol. The van der Waals surface area contributed by atoms with Crippen LogP contribution in [-0.4, -0.2) is 17.1 Å². The highest BCUT2D eigenvalue weighted by Crippen LogP contribution is 2.23. The second-order valence-electron chi connectivity index (χ2n) is 3.76. The summed E-state index contributed by atoms with van der Waals surface area (Å²) in [6, 6.07) is 4.25. The molecule has 0 aliphatic carbocycles. The summed E-state index contributed by atoms with van der Waals surface area (Å²) in [5.41, 5.74) is 4.81. The van der Waals surface area contributed by atoms with Gasteiger partial charge in [-0.25, -0.2) is 0 Å². The molecule has 2 heteroatoms. The molecule has 1 aromatic rings. The van der Waals surface area contributed by atoms with Crippen molar-refractivity contribution in [3.05, 3.63) is 34.4 Å². The van der Waals surface area contributed by atoms with Gasteiger partial charge in [0.25, 0.3) is 0 Å². The number of aliphatic hydroxyl groups is 1. The van der Waals surface area contributed by atoms with Crippen LogP contribution in [0.3, 0.4) is 0 Å². The van der Waals surface area contributed by atoms with Crippen molar-refractivity contribution in [2.24, 2.45) is 0 Å². The average Bonchev–Trinajstić information content (AvgIpc) is 2.11. The molecule has 1 rings (SSSR count). The number of aryl methyl sites for hydroxylation is 3. The molecule has 1 nitrogen and oxygen atoms in total. The van der Waals surface area contributed by atoms with E-state index in [-0.39, 0.29) is 6.10 Å². The molecule has 0 aliphatic heterocycles. The zero-order valence-corrected chi connectivity index (χ0v) is 10.1. The SMILES string of the molecule is CSCC(O)c1cc(C)c(C)cc1C. The fourth-order valence-corrected chi connectivity index (χ4v) is 2.08. The lowest BCUT2D eigenvalue weighted by atomic mass is 9.98. The highest BCUT2D eigenvalue weighted by Gasteiger charge is 2.10. The van der Waals surface area contributed by atoms with Crippen molar-refractivity contribution < 1.29 is 5.11 Å². The van der Waals surface area contributed by atoms with Gasteiger partial charge in [0, 0.05) is 5.75 Å². The Bertz CT molecular complexity index is 320. The van der Waals surface area contributed by atoms with Crippen LogP contribution in [0, 0.1) is 20.8 Å². The normalized spacial score (nSPS) is 12.9. The van der Waals surface area contributed by atoms with Crippen LogP contribution in [0.5, 0.6) is 0 Å². The summed E-state index contributed by atoms with van der Waals surface area (Å²) in [6.45, 7) is 6.25. The largest absolute Gasteiger partial charge is 0.388 e. The van der Waals surface area contributed by atoms with E-state index in [4.69, 9.17) is 0 Å². The number of benzene rings is 1. The quantitative estimate of drug-likeness (QED) is 0.827. The highest BCUT2D eigenvalue weighted by atomic mass is 32.2. The van der Waals surface area contributed by atoms with E-state index in [9.17, 15) is 5.11 Å². The lowest BCUT2D eigenvalue weighted by Crippen LogP contribution is -2.03. The molecule has 0 saturated carbocycles. The van der Waals surface area contributed by atoms with E-state index in [1.807, 2.05) is 6.26 Å². The fourth-order valence-electron chi connectivity index (χ4n) is 1.59. The molecule has 0 radical (unpaired) electrons. The van der Waals surface area contributed by atoms with Crippen molar-refractivity contribution in [1.29, 1.82) is 0 Å². The lowest BCUT2D eigenvalue weighted by Gasteiger charge is -2.14. The summed E-state index contributed by atoms with van der Waals surface area (Å²) in [7, 11) is 0. The number of hydrogen-bond donors (Lipinski definition) is 1. The first-order valence-corrected chi connectivity index (χ1v) is 6.20. The number of aliphatic hydroxyl groups excluding tert-OH is 1. The maximum absolute atomic E-state index is 9.90. The molecule has 14 heavy (non-hydrogen) atoms. The van der Waals surface area contributed by atoms with Crippen LogP contribution in [0.2, 0.25) is 0 Å². The van der Waals surface area contributed by atoms with Crippen molar-refractivity contribution in [3.63, 3.8) is 0 Å². The van der Waals surface area contributed by atoms with Gasteiger partial charge in [-0.15, -0.1) is 0 Å². The van der Waals surface area contributed by atoms with Gasteiger partial charge in [0.05, 0.1) is 6.10 Å². The Morgan fingerprint density at radius 1 is 1.14 bits per heavy atom. The summed E-state index contributed by atoms with van der Waals surface area (Å²) in [6.07, 6.45) is 1.68. The van der Waals surface area contributed by atoms with Crippen LogP contribution >= 0.6 is 11.8 Å². The Balaban J connectivity index is 3.02. The summed E-state index contributed by atoms with van der Waals surface area (Å²) >= 11 is 1.67. The molecule has 0 bridgehead atoms. The molecule has 1 atom stereocenters. The minimum Gasteiger partial charge on any atom is -0.388 e. The summed E-state index contributed by atoms with van der Waals surface area (Å²) < 4.78 is 0. The molecular formula is C12H18OS. The van der Waals surface area contributed by atoms with Gasteiger partial charge in [0.2, 0.25) is 0 Å². The van der Waals surface area contributed by atoms with Gasteiger partial charge in [-0.05, 0) is 49.3 Å². The number of thioether (sulfide) groups is 1. The smallest absolute Gasteiger partial charge is 0.0882 e. The van der Waals surface area contributed by atoms with Crippen molar-refractivity contribution in [3.8, 4) is 0 Å². The number of hydrogen-bond acceptors (Lipinski definition) is 2.